The molecule has 3 N–H and O–H groups in total. The van der Waals surface area contributed by atoms with Gasteiger partial charge >= 0.3 is 0 Å². The van der Waals surface area contributed by atoms with Crippen molar-refractivity contribution in [2.45, 2.75) is 60.4 Å². The number of unbranched alkanes of at least 4 members (excludes halogenated alkanes) is 2. The quantitative estimate of drug-likeness (QED) is 0.657. The van der Waals surface area contributed by atoms with Crippen LogP contribution in [0.1, 0.15) is 54.1 Å². The maximum Gasteiger partial charge on any atom is 0.138 e. The van der Waals surface area contributed by atoms with E-state index >= 15 is 0 Å². The monoisotopic (exact) mass is 341 g/mol. The molecule has 0 saturated heterocycles. The number of aromatic nitrogens is 1. The van der Waals surface area contributed by atoms with Crippen LogP contribution in [0.2, 0.25) is 0 Å². The number of nitrogens with two attached hydrogens (primary N) is 1. The average Bonchev–Trinajstić information content (AvgIpc) is 2.54. The van der Waals surface area contributed by atoms with Gasteiger partial charge in [0.15, 0.2) is 0 Å². The molecule has 0 spiro atoms. The summed E-state index contributed by atoms with van der Waals surface area (Å²) in [5, 5.41) is 3.50. The Labute approximate surface area is 151 Å². The van der Waals surface area contributed by atoms with Crippen LogP contribution < -0.4 is 15.8 Å². The maximum absolute atomic E-state index is 6.03. The Balaban J connectivity index is 2.33. The minimum atomic E-state index is 0.392. The standard InChI is InChI=1S/C21H31N3O/c1-6-7-8-9-25-19-12-17(5)23-21(18(19)13-22)24-20-15(3)10-14(2)11-16(20)4/h10-12H,6-9,13,22H2,1-5H3,(H,23,24). The van der Waals surface area contributed by atoms with Crippen molar-refractivity contribution in [2.24, 2.45) is 5.73 Å². The largest absolute Gasteiger partial charge is 0.493 e. The minimum absolute atomic E-state index is 0.392. The highest BCUT2D eigenvalue weighted by Gasteiger charge is 2.14. The third-order valence-electron chi connectivity index (χ3n) is 4.34. The van der Waals surface area contributed by atoms with Gasteiger partial charge in [0, 0.05) is 24.0 Å². The van der Waals surface area contributed by atoms with Gasteiger partial charge in [-0.15, -0.1) is 0 Å². The third-order valence-corrected chi connectivity index (χ3v) is 4.34. The predicted octanol–water partition coefficient (Wildman–Crippen LogP) is 5.09. The minimum Gasteiger partial charge on any atom is -0.493 e. The molecule has 1 aromatic carbocycles. The number of aryl methyl sites for hydroxylation is 4. The van der Waals surface area contributed by atoms with E-state index in [-0.39, 0.29) is 0 Å². The summed E-state index contributed by atoms with van der Waals surface area (Å²) in [4.78, 5) is 4.68. The summed E-state index contributed by atoms with van der Waals surface area (Å²) in [6.07, 6.45) is 3.41. The van der Waals surface area contributed by atoms with Gasteiger partial charge in [-0.05, 0) is 45.2 Å². The Bertz CT molecular complexity index is 702. The molecule has 0 amide bonds. The first kappa shape index (κ1) is 19.3. The summed E-state index contributed by atoms with van der Waals surface area (Å²) in [6, 6.07) is 6.33. The summed E-state index contributed by atoms with van der Waals surface area (Å²) in [5.41, 5.74) is 12.6. The zero-order valence-electron chi connectivity index (χ0n) is 16.2. The summed E-state index contributed by atoms with van der Waals surface area (Å²) < 4.78 is 6.01. The molecule has 1 aromatic heterocycles. The van der Waals surface area contributed by atoms with E-state index in [9.17, 15) is 0 Å². The molecule has 0 unspecified atom stereocenters. The number of rotatable bonds is 8. The maximum atomic E-state index is 6.03. The highest BCUT2D eigenvalue weighted by atomic mass is 16.5. The van der Waals surface area contributed by atoms with Crippen molar-refractivity contribution in [1.29, 1.82) is 0 Å². The number of pyridine rings is 1. The molecule has 0 atom stereocenters. The van der Waals surface area contributed by atoms with E-state index < -0.39 is 0 Å². The van der Waals surface area contributed by atoms with Crippen molar-refractivity contribution in [2.75, 3.05) is 11.9 Å². The molecule has 1 heterocycles. The van der Waals surface area contributed by atoms with E-state index in [1.165, 1.54) is 29.5 Å². The topological polar surface area (TPSA) is 60.2 Å². The van der Waals surface area contributed by atoms with Gasteiger partial charge in [-0.3, -0.25) is 0 Å². The Morgan fingerprint density at radius 3 is 2.32 bits per heavy atom. The van der Waals surface area contributed by atoms with Crippen LogP contribution in [0.4, 0.5) is 11.5 Å². The van der Waals surface area contributed by atoms with Crippen molar-refractivity contribution in [3.8, 4) is 5.75 Å². The smallest absolute Gasteiger partial charge is 0.138 e. The molecule has 136 valence electrons. The molecule has 2 rings (SSSR count). The third kappa shape index (κ3) is 4.95. The summed E-state index contributed by atoms with van der Waals surface area (Å²) in [7, 11) is 0. The Morgan fingerprint density at radius 2 is 1.72 bits per heavy atom. The van der Waals surface area contributed by atoms with Crippen LogP contribution in [0.3, 0.4) is 0 Å². The molecular formula is C21H31N3O. The molecule has 0 bridgehead atoms. The molecule has 0 radical (unpaired) electrons. The van der Waals surface area contributed by atoms with Gasteiger partial charge in [-0.25, -0.2) is 4.98 Å². The number of anilines is 2. The molecule has 4 heteroatoms. The molecule has 0 saturated carbocycles. The molecule has 2 aromatic rings. The van der Waals surface area contributed by atoms with Crippen molar-refractivity contribution < 1.29 is 4.74 Å². The van der Waals surface area contributed by atoms with Crippen LogP contribution in [-0.4, -0.2) is 11.6 Å². The van der Waals surface area contributed by atoms with E-state index in [0.717, 1.165) is 34.9 Å². The van der Waals surface area contributed by atoms with Gasteiger partial charge in [0.2, 0.25) is 0 Å². The van der Waals surface area contributed by atoms with E-state index in [1.807, 2.05) is 13.0 Å². The second-order valence-electron chi connectivity index (χ2n) is 6.75. The van der Waals surface area contributed by atoms with Gasteiger partial charge in [-0.1, -0.05) is 37.5 Å². The number of benzene rings is 1. The lowest BCUT2D eigenvalue weighted by atomic mass is 10.0. The highest BCUT2D eigenvalue weighted by molar-refractivity contribution is 5.68. The van der Waals surface area contributed by atoms with Gasteiger partial charge in [0.25, 0.3) is 0 Å². The number of hydrogen-bond donors (Lipinski definition) is 2. The lowest BCUT2D eigenvalue weighted by Gasteiger charge is -2.19. The highest BCUT2D eigenvalue weighted by Crippen LogP contribution is 2.31. The summed E-state index contributed by atoms with van der Waals surface area (Å²) >= 11 is 0. The lowest BCUT2D eigenvalue weighted by Crippen LogP contribution is -2.10. The van der Waals surface area contributed by atoms with E-state index in [0.29, 0.717) is 13.2 Å². The number of nitrogens with zero attached hydrogens (tertiary/aromatic N) is 1. The van der Waals surface area contributed by atoms with Crippen LogP contribution in [0.15, 0.2) is 18.2 Å². The summed E-state index contributed by atoms with van der Waals surface area (Å²) in [6.45, 7) is 11.6. The molecule has 0 aliphatic carbocycles. The van der Waals surface area contributed by atoms with E-state index in [2.05, 4.69) is 50.1 Å². The number of hydrogen-bond acceptors (Lipinski definition) is 4. The van der Waals surface area contributed by atoms with Crippen LogP contribution in [0.25, 0.3) is 0 Å². The second kappa shape index (κ2) is 8.86. The van der Waals surface area contributed by atoms with Crippen LogP contribution in [0, 0.1) is 27.7 Å². The summed E-state index contributed by atoms with van der Waals surface area (Å²) in [5.74, 6) is 1.64. The molecule has 4 nitrogen and oxygen atoms in total. The fraction of sp³-hybridized carbons (Fsp3) is 0.476. The van der Waals surface area contributed by atoms with Crippen molar-refractivity contribution in [3.05, 3.63) is 46.1 Å². The first-order valence-corrected chi connectivity index (χ1v) is 9.14. The molecule has 25 heavy (non-hydrogen) atoms. The number of ether oxygens (including phenoxy) is 1. The molecular weight excluding hydrogens is 310 g/mol. The van der Waals surface area contributed by atoms with Gasteiger partial charge in [-0.2, -0.15) is 0 Å². The van der Waals surface area contributed by atoms with Crippen molar-refractivity contribution in [3.63, 3.8) is 0 Å². The van der Waals surface area contributed by atoms with Gasteiger partial charge in [0.1, 0.15) is 11.6 Å². The lowest BCUT2D eigenvalue weighted by molar-refractivity contribution is 0.303. The first-order chi connectivity index (χ1) is 12.0. The zero-order valence-corrected chi connectivity index (χ0v) is 16.2. The van der Waals surface area contributed by atoms with Gasteiger partial charge in [0.05, 0.1) is 12.2 Å². The fourth-order valence-electron chi connectivity index (χ4n) is 3.13. The predicted molar refractivity (Wildman–Crippen MR) is 106 cm³/mol. The number of nitrogens with one attached hydrogen (secondary N) is 1. The molecule has 0 aliphatic rings. The molecule has 0 aliphatic heterocycles. The Hall–Kier alpha value is -2.07. The first-order valence-electron chi connectivity index (χ1n) is 9.14. The Morgan fingerprint density at radius 1 is 1.04 bits per heavy atom. The van der Waals surface area contributed by atoms with Gasteiger partial charge < -0.3 is 15.8 Å². The van der Waals surface area contributed by atoms with Crippen molar-refractivity contribution >= 4 is 11.5 Å². The van der Waals surface area contributed by atoms with Crippen molar-refractivity contribution in [1.82, 2.24) is 4.98 Å². The van der Waals surface area contributed by atoms with E-state index in [1.54, 1.807) is 0 Å². The Kier molecular flexibility index (Phi) is 6.82. The van der Waals surface area contributed by atoms with Crippen LogP contribution in [-0.2, 0) is 6.54 Å². The zero-order chi connectivity index (χ0) is 18.4. The average molecular weight is 341 g/mol. The normalized spacial score (nSPS) is 10.8. The van der Waals surface area contributed by atoms with Crippen LogP contribution in [0.5, 0.6) is 5.75 Å². The SMILES string of the molecule is CCCCCOc1cc(C)nc(Nc2c(C)cc(C)cc2C)c1CN. The van der Waals surface area contributed by atoms with E-state index in [4.69, 9.17) is 10.5 Å². The molecule has 0 fully saturated rings. The second-order valence-corrected chi connectivity index (χ2v) is 6.75. The fourth-order valence-corrected chi connectivity index (χ4v) is 3.13. The van der Waals surface area contributed by atoms with Crippen LogP contribution >= 0.6 is 0 Å².